The van der Waals surface area contributed by atoms with Crippen molar-refractivity contribution in [3.05, 3.63) is 0 Å². The van der Waals surface area contributed by atoms with Crippen molar-refractivity contribution in [3.8, 4) is 0 Å². The van der Waals surface area contributed by atoms with Gasteiger partial charge in [-0.2, -0.15) is 0 Å². The Kier molecular flexibility index (Phi) is 2.46. The van der Waals surface area contributed by atoms with E-state index in [1.165, 1.54) is 17.7 Å². The molecule has 0 aromatic carbocycles. The summed E-state index contributed by atoms with van der Waals surface area (Å²) in [7, 11) is 0. The Bertz CT molecular complexity index is 303. The summed E-state index contributed by atoms with van der Waals surface area (Å²) in [6, 6.07) is 0. The van der Waals surface area contributed by atoms with Crippen molar-refractivity contribution < 1.29 is 9.59 Å². The molecular formula is C12H18N2O2. The van der Waals surface area contributed by atoms with E-state index in [1.54, 1.807) is 0 Å². The third-order valence-electron chi connectivity index (χ3n) is 4.18. The number of rotatable bonds is 3. The molecule has 0 bridgehead atoms. The number of carbonyl (C=O) groups is 2. The molecule has 2 saturated heterocycles. The summed E-state index contributed by atoms with van der Waals surface area (Å²) in [5.74, 6) is 1.03. The molecular weight excluding hydrogens is 204 g/mol. The number of fused-ring (bicyclic) bond motifs is 1. The third-order valence-corrected chi connectivity index (χ3v) is 4.18. The minimum Gasteiger partial charge on any atom is -0.317 e. The van der Waals surface area contributed by atoms with Crippen LogP contribution in [0, 0.1) is 17.8 Å². The Morgan fingerprint density at radius 1 is 1.12 bits per heavy atom. The topological polar surface area (TPSA) is 49.4 Å². The maximum atomic E-state index is 11.7. The molecule has 4 nitrogen and oxygen atoms in total. The summed E-state index contributed by atoms with van der Waals surface area (Å²) in [4.78, 5) is 25.0. The number of carbonyl (C=O) groups excluding carboxylic acids is 2. The van der Waals surface area contributed by atoms with Crippen molar-refractivity contribution in [1.29, 1.82) is 0 Å². The van der Waals surface area contributed by atoms with Gasteiger partial charge in [-0.1, -0.05) is 0 Å². The van der Waals surface area contributed by atoms with E-state index in [0.717, 1.165) is 25.9 Å². The monoisotopic (exact) mass is 222 g/mol. The van der Waals surface area contributed by atoms with Gasteiger partial charge in [-0.05, 0) is 44.7 Å². The lowest BCUT2D eigenvalue weighted by molar-refractivity contribution is -0.141. The SMILES string of the molecule is O=C1C2CC2C(=O)N1CCC1CCNCC1. The fourth-order valence-electron chi connectivity index (χ4n) is 2.95. The molecule has 16 heavy (non-hydrogen) atoms. The second-order valence-corrected chi connectivity index (χ2v) is 5.26. The zero-order valence-corrected chi connectivity index (χ0v) is 9.45. The van der Waals surface area contributed by atoms with Crippen LogP contribution in [0.25, 0.3) is 0 Å². The number of piperidine rings is 2. The van der Waals surface area contributed by atoms with Gasteiger partial charge in [0.05, 0.1) is 11.8 Å². The van der Waals surface area contributed by atoms with Crippen LogP contribution in [-0.2, 0) is 9.59 Å². The zero-order valence-electron chi connectivity index (χ0n) is 9.45. The molecule has 88 valence electrons. The van der Waals surface area contributed by atoms with Crippen molar-refractivity contribution in [1.82, 2.24) is 10.2 Å². The lowest BCUT2D eigenvalue weighted by Gasteiger charge is -2.25. The molecule has 3 fully saturated rings. The molecule has 2 amide bonds. The second-order valence-electron chi connectivity index (χ2n) is 5.26. The van der Waals surface area contributed by atoms with Gasteiger partial charge >= 0.3 is 0 Å². The van der Waals surface area contributed by atoms with E-state index < -0.39 is 0 Å². The number of nitrogens with zero attached hydrogens (tertiary/aromatic N) is 1. The van der Waals surface area contributed by atoms with E-state index in [-0.39, 0.29) is 23.7 Å². The van der Waals surface area contributed by atoms with E-state index in [9.17, 15) is 9.59 Å². The summed E-state index contributed by atoms with van der Waals surface area (Å²) in [6.07, 6.45) is 4.19. The van der Waals surface area contributed by atoms with Crippen LogP contribution in [0.3, 0.4) is 0 Å². The Morgan fingerprint density at radius 2 is 1.75 bits per heavy atom. The van der Waals surface area contributed by atoms with Crippen LogP contribution >= 0.6 is 0 Å². The highest BCUT2D eigenvalue weighted by Crippen LogP contribution is 2.47. The molecule has 2 atom stereocenters. The van der Waals surface area contributed by atoms with Crippen LogP contribution in [-0.4, -0.2) is 36.3 Å². The van der Waals surface area contributed by atoms with Crippen molar-refractivity contribution in [2.45, 2.75) is 25.7 Å². The molecule has 0 aromatic heterocycles. The van der Waals surface area contributed by atoms with E-state index in [0.29, 0.717) is 12.5 Å². The summed E-state index contributed by atoms with van der Waals surface area (Å²) in [5.41, 5.74) is 0. The standard InChI is InChI=1S/C12H18N2O2/c15-11-9-7-10(9)12(16)14(11)6-3-8-1-4-13-5-2-8/h8-10,13H,1-7H2. The first-order valence-electron chi connectivity index (χ1n) is 6.33. The highest BCUT2D eigenvalue weighted by molar-refractivity contribution is 6.08. The number of nitrogens with one attached hydrogen (secondary N) is 1. The van der Waals surface area contributed by atoms with Crippen LogP contribution in [0.5, 0.6) is 0 Å². The number of hydrogen-bond acceptors (Lipinski definition) is 3. The zero-order chi connectivity index (χ0) is 11.1. The van der Waals surface area contributed by atoms with Gasteiger partial charge in [0.25, 0.3) is 0 Å². The Balaban J connectivity index is 1.51. The lowest BCUT2D eigenvalue weighted by Crippen LogP contribution is -2.36. The van der Waals surface area contributed by atoms with E-state index >= 15 is 0 Å². The van der Waals surface area contributed by atoms with Crippen LogP contribution < -0.4 is 5.32 Å². The third kappa shape index (κ3) is 1.65. The minimum atomic E-state index is 0.0699. The van der Waals surface area contributed by atoms with Gasteiger partial charge in [0.15, 0.2) is 0 Å². The van der Waals surface area contributed by atoms with Crippen LogP contribution in [0.2, 0.25) is 0 Å². The molecule has 1 N–H and O–H groups in total. The Labute approximate surface area is 95.4 Å². The quantitative estimate of drug-likeness (QED) is 0.702. The average Bonchev–Trinajstić information content (AvgIpc) is 3.05. The summed E-state index contributed by atoms with van der Waals surface area (Å²) in [6.45, 7) is 2.82. The molecule has 1 aliphatic carbocycles. The molecule has 0 radical (unpaired) electrons. The van der Waals surface area contributed by atoms with Crippen molar-refractivity contribution >= 4 is 11.8 Å². The van der Waals surface area contributed by atoms with Crippen LogP contribution in [0.4, 0.5) is 0 Å². The molecule has 2 unspecified atom stereocenters. The molecule has 2 heterocycles. The maximum Gasteiger partial charge on any atom is 0.233 e. The lowest BCUT2D eigenvalue weighted by atomic mass is 9.94. The van der Waals surface area contributed by atoms with E-state index in [2.05, 4.69) is 5.32 Å². The van der Waals surface area contributed by atoms with Gasteiger partial charge in [-0.3, -0.25) is 14.5 Å². The van der Waals surface area contributed by atoms with Crippen molar-refractivity contribution in [2.24, 2.45) is 17.8 Å². The first-order valence-corrected chi connectivity index (χ1v) is 6.33. The number of hydrogen-bond donors (Lipinski definition) is 1. The molecule has 3 aliphatic rings. The predicted molar refractivity (Wildman–Crippen MR) is 58.5 cm³/mol. The number of imide groups is 1. The van der Waals surface area contributed by atoms with Gasteiger partial charge < -0.3 is 5.32 Å². The van der Waals surface area contributed by atoms with Gasteiger partial charge in [0.1, 0.15) is 0 Å². The average molecular weight is 222 g/mol. The predicted octanol–water partition coefficient (Wildman–Crippen LogP) is 0.381. The van der Waals surface area contributed by atoms with E-state index in [1.807, 2.05) is 0 Å². The summed E-state index contributed by atoms with van der Waals surface area (Å²) in [5, 5.41) is 3.33. The van der Waals surface area contributed by atoms with Gasteiger partial charge in [0.2, 0.25) is 11.8 Å². The maximum absolute atomic E-state index is 11.7. The molecule has 2 aliphatic heterocycles. The first kappa shape index (κ1) is 10.3. The number of likely N-dealkylation sites (tertiary alicyclic amines) is 1. The molecule has 4 heteroatoms. The summed E-state index contributed by atoms with van der Waals surface area (Å²) < 4.78 is 0. The van der Waals surface area contributed by atoms with Gasteiger partial charge in [-0.25, -0.2) is 0 Å². The second kappa shape index (κ2) is 3.84. The Hall–Kier alpha value is -0.900. The Morgan fingerprint density at radius 3 is 2.38 bits per heavy atom. The molecule has 0 spiro atoms. The highest BCUT2D eigenvalue weighted by Gasteiger charge is 2.58. The van der Waals surface area contributed by atoms with Crippen molar-refractivity contribution in [2.75, 3.05) is 19.6 Å². The fourth-order valence-corrected chi connectivity index (χ4v) is 2.95. The van der Waals surface area contributed by atoms with E-state index in [4.69, 9.17) is 0 Å². The first-order chi connectivity index (χ1) is 7.77. The summed E-state index contributed by atoms with van der Waals surface area (Å²) >= 11 is 0. The molecule has 1 saturated carbocycles. The normalized spacial score (nSPS) is 34.4. The molecule has 3 rings (SSSR count). The number of amides is 2. The minimum absolute atomic E-state index is 0.0699. The van der Waals surface area contributed by atoms with Crippen LogP contribution in [0.1, 0.15) is 25.7 Å². The van der Waals surface area contributed by atoms with Gasteiger partial charge in [-0.15, -0.1) is 0 Å². The highest BCUT2D eigenvalue weighted by atomic mass is 16.2. The largest absolute Gasteiger partial charge is 0.317 e. The van der Waals surface area contributed by atoms with Gasteiger partial charge in [0, 0.05) is 6.54 Å². The fraction of sp³-hybridized carbons (Fsp3) is 0.833. The van der Waals surface area contributed by atoms with Crippen molar-refractivity contribution in [3.63, 3.8) is 0 Å². The van der Waals surface area contributed by atoms with Crippen LogP contribution in [0.15, 0.2) is 0 Å². The molecule has 0 aromatic rings. The smallest absolute Gasteiger partial charge is 0.233 e.